The number of rotatable bonds is 10. The quantitative estimate of drug-likeness (QED) is 0.249. The molecule has 3 aromatic rings. The largest absolute Gasteiger partial charge is 0.456 e. The second-order valence-electron chi connectivity index (χ2n) is 11.1. The highest BCUT2D eigenvalue weighted by molar-refractivity contribution is 6.06. The van der Waals surface area contributed by atoms with Crippen LogP contribution in [0.3, 0.4) is 0 Å². The van der Waals surface area contributed by atoms with Crippen LogP contribution in [-0.2, 0) is 4.79 Å². The summed E-state index contributed by atoms with van der Waals surface area (Å²) in [6.07, 6.45) is 4.47. The first-order valence-corrected chi connectivity index (χ1v) is 14.8. The van der Waals surface area contributed by atoms with Gasteiger partial charge in [0.15, 0.2) is 11.5 Å². The number of anilines is 3. The van der Waals surface area contributed by atoms with Crippen molar-refractivity contribution >= 4 is 34.7 Å². The number of carbonyl (C=O) groups is 3. The molecule has 216 valence electrons. The molecule has 5 rings (SSSR count). The van der Waals surface area contributed by atoms with Crippen molar-refractivity contribution in [3.8, 4) is 0 Å². The van der Waals surface area contributed by atoms with E-state index >= 15 is 0 Å². The predicted octanol–water partition coefficient (Wildman–Crippen LogP) is 5.84. The molecule has 0 unspecified atom stereocenters. The molecule has 0 atom stereocenters. The van der Waals surface area contributed by atoms with Gasteiger partial charge in [-0.1, -0.05) is 18.2 Å². The van der Waals surface area contributed by atoms with Crippen LogP contribution in [0.15, 0.2) is 59.0 Å². The van der Waals surface area contributed by atoms with Crippen molar-refractivity contribution in [1.29, 1.82) is 0 Å². The number of likely N-dealkylation sites (tertiary alicyclic amines) is 1. The van der Waals surface area contributed by atoms with Gasteiger partial charge in [0, 0.05) is 63.4 Å². The number of furan rings is 1. The van der Waals surface area contributed by atoms with Gasteiger partial charge >= 0.3 is 0 Å². The number of ketones is 1. The Morgan fingerprint density at radius 1 is 0.854 bits per heavy atom. The van der Waals surface area contributed by atoms with E-state index in [-0.39, 0.29) is 23.4 Å². The molecule has 2 amide bonds. The van der Waals surface area contributed by atoms with Crippen LogP contribution >= 0.6 is 0 Å². The van der Waals surface area contributed by atoms with Crippen molar-refractivity contribution in [2.45, 2.75) is 52.4 Å². The highest BCUT2D eigenvalue weighted by Crippen LogP contribution is 2.31. The van der Waals surface area contributed by atoms with E-state index < -0.39 is 0 Å². The number of aryl methyl sites for hydroxylation is 2. The molecule has 2 saturated heterocycles. The fourth-order valence-electron chi connectivity index (χ4n) is 5.82. The summed E-state index contributed by atoms with van der Waals surface area (Å²) in [6, 6.07) is 17.5. The van der Waals surface area contributed by atoms with Crippen molar-refractivity contribution in [3.05, 3.63) is 77.2 Å². The van der Waals surface area contributed by atoms with Crippen LogP contribution in [0, 0.1) is 13.8 Å². The summed E-state index contributed by atoms with van der Waals surface area (Å²) in [5.74, 6) is 0.822. The van der Waals surface area contributed by atoms with Gasteiger partial charge < -0.3 is 24.4 Å². The molecule has 2 aliphatic rings. The van der Waals surface area contributed by atoms with Gasteiger partial charge in [-0.05, 0) is 81.5 Å². The lowest BCUT2D eigenvalue weighted by atomic mass is 10.0. The monoisotopic (exact) mass is 556 g/mol. The van der Waals surface area contributed by atoms with Gasteiger partial charge in [0.2, 0.25) is 5.91 Å². The molecule has 2 aliphatic heterocycles. The summed E-state index contributed by atoms with van der Waals surface area (Å²) in [5.41, 5.74) is 4.61. The molecule has 41 heavy (non-hydrogen) atoms. The van der Waals surface area contributed by atoms with Crippen LogP contribution in [0.4, 0.5) is 17.1 Å². The number of benzene rings is 2. The van der Waals surface area contributed by atoms with Gasteiger partial charge in [-0.25, -0.2) is 0 Å². The number of hydrogen-bond donors (Lipinski definition) is 1. The third-order valence-electron chi connectivity index (χ3n) is 8.08. The van der Waals surface area contributed by atoms with Gasteiger partial charge in [0.1, 0.15) is 5.76 Å². The highest BCUT2D eigenvalue weighted by Gasteiger charge is 2.22. The topological polar surface area (TPSA) is 86.1 Å². The van der Waals surface area contributed by atoms with Gasteiger partial charge in [0.05, 0.1) is 11.4 Å². The van der Waals surface area contributed by atoms with Crippen LogP contribution < -0.4 is 15.1 Å². The number of carbonyl (C=O) groups excluding carboxylic acids is 3. The summed E-state index contributed by atoms with van der Waals surface area (Å²) >= 11 is 0. The molecule has 8 nitrogen and oxygen atoms in total. The molecule has 0 saturated carbocycles. The first-order valence-electron chi connectivity index (χ1n) is 14.8. The second kappa shape index (κ2) is 13.1. The minimum atomic E-state index is -0.337. The Kier molecular flexibility index (Phi) is 9.07. The Labute approximate surface area is 242 Å². The van der Waals surface area contributed by atoms with Gasteiger partial charge in [-0.2, -0.15) is 0 Å². The second-order valence-corrected chi connectivity index (χ2v) is 11.1. The standard InChI is InChI=1S/C33H40N4O4/c1-24-9-3-4-10-28(24)35-19-8-20-36(22-21-35)29-15-14-26(23-27(29)34-33(40)31-16-13-25(2)41-31)30(38)11-5-6-17-37-18-7-12-32(37)39/h3-4,9-10,13-16,23H,5-8,11-12,17-22H2,1-2H3,(H,34,40). The van der Waals surface area contributed by atoms with E-state index in [0.717, 1.165) is 64.1 Å². The van der Waals surface area contributed by atoms with Gasteiger partial charge in [-0.15, -0.1) is 0 Å². The lowest BCUT2D eigenvalue weighted by molar-refractivity contribution is -0.127. The Morgan fingerprint density at radius 2 is 1.63 bits per heavy atom. The van der Waals surface area contributed by atoms with Crippen molar-refractivity contribution in [2.24, 2.45) is 0 Å². The maximum absolute atomic E-state index is 13.2. The lowest BCUT2D eigenvalue weighted by Gasteiger charge is -2.27. The number of nitrogens with one attached hydrogen (secondary N) is 1. The molecule has 1 aromatic heterocycles. The molecule has 1 N–H and O–H groups in total. The average molecular weight is 557 g/mol. The zero-order valence-electron chi connectivity index (χ0n) is 24.2. The van der Waals surface area contributed by atoms with E-state index in [1.54, 1.807) is 25.1 Å². The number of amides is 2. The number of nitrogens with zero attached hydrogens (tertiary/aromatic N) is 3. The molecule has 3 heterocycles. The maximum Gasteiger partial charge on any atom is 0.291 e. The predicted molar refractivity (Wildman–Crippen MR) is 162 cm³/mol. The number of hydrogen-bond acceptors (Lipinski definition) is 6. The molecular weight excluding hydrogens is 516 g/mol. The Balaban J connectivity index is 1.30. The van der Waals surface area contributed by atoms with Crippen LogP contribution in [0.1, 0.15) is 70.8 Å². The molecule has 0 bridgehead atoms. The summed E-state index contributed by atoms with van der Waals surface area (Å²) in [7, 11) is 0. The SMILES string of the molecule is Cc1ccc(C(=O)Nc2cc(C(=O)CCCCN3CCCC3=O)ccc2N2CCCN(c3ccccc3C)CC2)o1. The maximum atomic E-state index is 13.2. The van der Waals surface area contributed by atoms with Crippen LogP contribution in [-0.4, -0.2) is 61.8 Å². The van der Waals surface area contributed by atoms with Crippen molar-refractivity contribution < 1.29 is 18.8 Å². The molecule has 0 radical (unpaired) electrons. The molecular formula is C33H40N4O4. The van der Waals surface area contributed by atoms with Crippen LogP contribution in [0.2, 0.25) is 0 Å². The number of unbranched alkanes of at least 4 members (excludes halogenated alkanes) is 1. The molecule has 2 fully saturated rings. The summed E-state index contributed by atoms with van der Waals surface area (Å²) in [5, 5.41) is 3.03. The first kappa shape index (κ1) is 28.5. The zero-order valence-corrected chi connectivity index (χ0v) is 24.2. The number of Topliss-reactive ketones (excluding diaryl/α,β-unsaturated/α-hetero) is 1. The first-order chi connectivity index (χ1) is 19.9. The van der Waals surface area contributed by atoms with E-state index in [4.69, 9.17) is 4.42 Å². The summed E-state index contributed by atoms with van der Waals surface area (Å²) in [6.45, 7) is 8.93. The zero-order chi connectivity index (χ0) is 28.8. The molecule has 2 aromatic carbocycles. The normalized spacial score (nSPS) is 15.8. The minimum Gasteiger partial charge on any atom is -0.456 e. The molecule has 8 heteroatoms. The third kappa shape index (κ3) is 6.99. The fraction of sp³-hybridized carbons (Fsp3) is 0.424. The van der Waals surface area contributed by atoms with E-state index in [0.29, 0.717) is 36.4 Å². The van der Waals surface area contributed by atoms with Crippen molar-refractivity contribution in [3.63, 3.8) is 0 Å². The Bertz CT molecular complexity index is 1400. The van der Waals surface area contributed by atoms with Gasteiger partial charge in [-0.3, -0.25) is 14.4 Å². The number of para-hydroxylation sites is 1. The van der Waals surface area contributed by atoms with Crippen molar-refractivity contribution in [1.82, 2.24) is 4.90 Å². The van der Waals surface area contributed by atoms with E-state index in [1.165, 1.54) is 11.3 Å². The van der Waals surface area contributed by atoms with Gasteiger partial charge in [0.25, 0.3) is 5.91 Å². The Hall–Kier alpha value is -4.07. The summed E-state index contributed by atoms with van der Waals surface area (Å²) < 4.78 is 5.56. The molecule has 0 spiro atoms. The fourth-order valence-corrected chi connectivity index (χ4v) is 5.82. The average Bonchev–Trinajstić information content (AvgIpc) is 3.51. The summed E-state index contributed by atoms with van der Waals surface area (Å²) in [4.78, 5) is 44.7. The highest BCUT2D eigenvalue weighted by atomic mass is 16.3. The van der Waals surface area contributed by atoms with E-state index in [1.807, 2.05) is 17.0 Å². The van der Waals surface area contributed by atoms with E-state index in [2.05, 4.69) is 46.3 Å². The van der Waals surface area contributed by atoms with Crippen LogP contribution in [0.5, 0.6) is 0 Å². The smallest absolute Gasteiger partial charge is 0.291 e. The van der Waals surface area contributed by atoms with E-state index in [9.17, 15) is 14.4 Å². The van der Waals surface area contributed by atoms with Crippen molar-refractivity contribution in [2.75, 3.05) is 54.4 Å². The minimum absolute atomic E-state index is 0.0373. The lowest BCUT2D eigenvalue weighted by Crippen LogP contribution is -2.31. The third-order valence-corrected chi connectivity index (χ3v) is 8.08. The van der Waals surface area contributed by atoms with Crippen LogP contribution in [0.25, 0.3) is 0 Å². The Morgan fingerprint density at radius 3 is 2.34 bits per heavy atom. The molecule has 0 aliphatic carbocycles.